The second kappa shape index (κ2) is 6.91. The lowest BCUT2D eigenvalue weighted by atomic mass is 9.98. The Morgan fingerprint density at radius 3 is 2.57 bits per heavy atom. The molecule has 0 unspecified atom stereocenters. The van der Waals surface area contributed by atoms with Crippen molar-refractivity contribution in [2.24, 2.45) is 11.5 Å². The first-order valence-corrected chi connectivity index (χ1v) is 6.65. The maximum atomic E-state index is 12.2. The van der Waals surface area contributed by atoms with Crippen molar-refractivity contribution in [2.75, 3.05) is 6.54 Å². The van der Waals surface area contributed by atoms with Gasteiger partial charge < -0.3 is 16.8 Å². The van der Waals surface area contributed by atoms with Crippen molar-refractivity contribution in [2.45, 2.75) is 32.7 Å². The normalized spacial score (nSPS) is 10.5. The van der Waals surface area contributed by atoms with Crippen LogP contribution in [0.4, 0.5) is 0 Å². The van der Waals surface area contributed by atoms with Crippen LogP contribution in [0, 0.1) is 18.8 Å². The molecule has 5 N–H and O–H groups in total. The van der Waals surface area contributed by atoms with Gasteiger partial charge in [-0.3, -0.25) is 9.59 Å². The van der Waals surface area contributed by atoms with E-state index in [2.05, 4.69) is 17.2 Å². The summed E-state index contributed by atoms with van der Waals surface area (Å²) in [5.41, 5.74) is 12.1. The molecule has 0 spiro atoms. The third kappa shape index (κ3) is 5.28. The number of amides is 2. The van der Waals surface area contributed by atoms with Gasteiger partial charge in [-0.25, -0.2) is 0 Å². The fourth-order valence-corrected chi connectivity index (χ4v) is 1.90. The van der Waals surface area contributed by atoms with Crippen molar-refractivity contribution >= 4 is 11.8 Å². The Morgan fingerprint density at radius 2 is 2.00 bits per heavy atom. The van der Waals surface area contributed by atoms with E-state index < -0.39 is 11.4 Å². The lowest BCUT2D eigenvalue weighted by Crippen LogP contribution is -2.46. The molecule has 5 heteroatoms. The van der Waals surface area contributed by atoms with Gasteiger partial charge in [0.15, 0.2) is 0 Å². The van der Waals surface area contributed by atoms with Gasteiger partial charge in [0.05, 0.1) is 6.54 Å². The molecule has 1 aromatic rings. The van der Waals surface area contributed by atoms with Crippen molar-refractivity contribution in [3.05, 3.63) is 34.9 Å². The highest BCUT2D eigenvalue weighted by Crippen LogP contribution is 2.13. The second-order valence-corrected chi connectivity index (χ2v) is 5.52. The van der Waals surface area contributed by atoms with Crippen molar-refractivity contribution in [1.29, 1.82) is 0 Å². The van der Waals surface area contributed by atoms with Crippen LogP contribution in [0.25, 0.3) is 0 Å². The van der Waals surface area contributed by atoms with Crippen molar-refractivity contribution in [3.63, 3.8) is 0 Å². The van der Waals surface area contributed by atoms with Gasteiger partial charge in [-0.1, -0.05) is 17.9 Å². The lowest BCUT2D eigenvalue weighted by Gasteiger charge is -2.24. The van der Waals surface area contributed by atoms with Crippen LogP contribution in [0.3, 0.4) is 0 Å². The van der Waals surface area contributed by atoms with Gasteiger partial charge in [-0.05, 0) is 38.5 Å². The fraction of sp³-hybridized carbons (Fsp3) is 0.375. The van der Waals surface area contributed by atoms with E-state index in [0.717, 1.165) is 11.1 Å². The maximum Gasteiger partial charge on any atom is 0.251 e. The van der Waals surface area contributed by atoms with Crippen LogP contribution in [0.5, 0.6) is 0 Å². The number of aryl methyl sites for hydroxylation is 1. The lowest BCUT2D eigenvalue weighted by molar-refractivity contribution is -0.119. The predicted octanol–water partition coefficient (Wildman–Crippen LogP) is 0.689. The number of carbonyl (C=O) groups excluding carboxylic acids is 2. The first kappa shape index (κ1) is 16.7. The minimum absolute atomic E-state index is 0.0738. The Hall–Kier alpha value is -2.32. The minimum Gasteiger partial charge on any atom is -0.370 e. The molecule has 0 aliphatic rings. The summed E-state index contributed by atoms with van der Waals surface area (Å²) in [6, 6.07) is 5.27. The molecule has 0 saturated heterocycles. The summed E-state index contributed by atoms with van der Waals surface area (Å²) in [6.07, 6.45) is 0.0738. The maximum absolute atomic E-state index is 12.2. The summed E-state index contributed by atoms with van der Waals surface area (Å²) in [5, 5.41) is 2.79. The summed E-state index contributed by atoms with van der Waals surface area (Å²) in [4.78, 5) is 23.2. The largest absolute Gasteiger partial charge is 0.370 e. The Balaban J connectivity index is 2.95. The number of primary amides is 1. The van der Waals surface area contributed by atoms with Gasteiger partial charge in [0.2, 0.25) is 5.91 Å². The SMILES string of the molecule is Cc1ccc(C(=O)NC(C)(C)CC(N)=O)cc1C#CCN. The molecule has 2 amide bonds. The first-order valence-electron chi connectivity index (χ1n) is 6.65. The van der Waals surface area contributed by atoms with E-state index in [0.29, 0.717) is 5.56 Å². The number of hydrogen-bond donors (Lipinski definition) is 3. The molecule has 0 aliphatic carbocycles. The molecule has 0 saturated carbocycles. The summed E-state index contributed by atoms with van der Waals surface area (Å²) < 4.78 is 0. The molecule has 0 bridgehead atoms. The Kier molecular flexibility index (Phi) is 5.51. The zero-order valence-electron chi connectivity index (χ0n) is 12.6. The van der Waals surface area contributed by atoms with E-state index in [1.165, 1.54) is 0 Å². The van der Waals surface area contributed by atoms with Gasteiger partial charge in [0.25, 0.3) is 5.91 Å². The van der Waals surface area contributed by atoms with Gasteiger partial charge in [0.1, 0.15) is 0 Å². The highest BCUT2D eigenvalue weighted by Gasteiger charge is 2.23. The van der Waals surface area contributed by atoms with Gasteiger partial charge in [0, 0.05) is 23.1 Å². The zero-order chi connectivity index (χ0) is 16.0. The van der Waals surface area contributed by atoms with Crippen LogP contribution in [0.15, 0.2) is 18.2 Å². The quantitative estimate of drug-likeness (QED) is 0.710. The average molecular weight is 287 g/mol. The van der Waals surface area contributed by atoms with Crippen LogP contribution < -0.4 is 16.8 Å². The summed E-state index contributed by atoms with van der Waals surface area (Å²) in [5.74, 6) is 4.98. The predicted molar refractivity (Wildman–Crippen MR) is 82.5 cm³/mol. The number of benzene rings is 1. The molecule has 0 radical (unpaired) electrons. The summed E-state index contributed by atoms with van der Waals surface area (Å²) >= 11 is 0. The van der Waals surface area contributed by atoms with E-state index in [-0.39, 0.29) is 18.9 Å². The van der Waals surface area contributed by atoms with E-state index in [1.807, 2.05) is 13.0 Å². The molecule has 5 nitrogen and oxygen atoms in total. The van der Waals surface area contributed by atoms with Crippen LogP contribution in [-0.4, -0.2) is 23.9 Å². The smallest absolute Gasteiger partial charge is 0.251 e. The van der Waals surface area contributed by atoms with E-state index >= 15 is 0 Å². The molecular weight excluding hydrogens is 266 g/mol. The number of nitrogens with one attached hydrogen (secondary N) is 1. The third-order valence-corrected chi connectivity index (χ3v) is 2.89. The fourth-order valence-electron chi connectivity index (χ4n) is 1.90. The van der Waals surface area contributed by atoms with Crippen LogP contribution in [0.1, 0.15) is 41.8 Å². The number of carbonyl (C=O) groups is 2. The third-order valence-electron chi connectivity index (χ3n) is 2.89. The Labute approximate surface area is 125 Å². The van der Waals surface area contributed by atoms with Crippen LogP contribution in [0.2, 0.25) is 0 Å². The Bertz CT molecular complexity index is 610. The number of rotatable bonds is 4. The molecule has 0 aromatic heterocycles. The van der Waals surface area contributed by atoms with Crippen LogP contribution >= 0.6 is 0 Å². The highest BCUT2D eigenvalue weighted by molar-refractivity contribution is 5.95. The molecule has 1 aromatic carbocycles. The van der Waals surface area contributed by atoms with Gasteiger partial charge >= 0.3 is 0 Å². The summed E-state index contributed by atoms with van der Waals surface area (Å²) in [7, 11) is 0. The summed E-state index contributed by atoms with van der Waals surface area (Å²) in [6.45, 7) is 5.68. The van der Waals surface area contributed by atoms with Crippen LogP contribution in [-0.2, 0) is 4.79 Å². The molecule has 0 heterocycles. The molecular formula is C16H21N3O2. The van der Waals surface area contributed by atoms with Gasteiger partial charge in [-0.2, -0.15) is 0 Å². The Morgan fingerprint density at radius 1 is 1.33 bits per heavy atom. The minimum atomic E-state index is -0.698. The van der Waals surface area contributed by atoms with Crippen molar-refractivity contribution in [1.82, 2.24) is 5.32 Å². The molecule has 0 atom stereocenters. The second-order valence-electron chi connectivity index (χ2n) is 5.52. The molecule has 0 fully saturated rings. The monoisotopic (exact) mass is 287 g/mol. The molecule has 112 valence electrons. The molecule has 1 rings (SSSR count). The van der Waals surface area contributed by atoms with Crippen molar-refractivity contribution in [3.8, 4) is 11.8 Å². The highest BCUT2D eigenvalue weighted by atomic mass is 16.2. The topological polar surface area (TPSA) is 98.2 Å². The van der Waals surface area contributed by atoms with E-state index in [4.69, 9.17) is 11.5 Å². The zero-order valence-corrected chi connectivity index (χ0v) is 12.6. The molecule has 0 aliphatic heterocycles. The standard InChI is InChI=1S/C16H21N3O2/c1-11-6-7-13(9-12(11)5-4-8-17)15(21)19-16(2,3)10-14(18)20/h6-7,9H,8,10,17H2,1-3H3,(H2,18,20)(H,19,21). The van der Waals surface area contributed by atoms with Gasteiger partial charge in [-0.15, -0.1) is 0 Å². The average Bonchev–Trinajstić information content (AvgIpc) is 2.35. The van der Waals surface area contributed by atoms with Crippen molar-refractivity contribution < 1.29 is 9.59 Å². The molecule has 21 heavy (non-hydrogen) atoms. The van der Waals surface area contributed by atoms with E-state index in [9.17, 15) is 9.59 Å². The number of nitrogens with two attached hydrogens (primary N) is 2. The first-order chi connectivity index (χ1) is 9.75. The van der Waals surface area contributed by atoms with E-state index in [1.54, 1.807) is 26.0 Å². The number of hydrogen-bond acceptors (Lipinski definition) is 3.